The summed E-state index contributed by atoms with van der Waals surface area (Å²) >= 11 is 3.33. The van der Waals surface area contributed by atoms with Crippen molar-refractivity contribution in [3.8, 4) is 0 Å². The molecule has 1 amide bonds. The second-order valence-corrected chi connectivity index (χ2v) is 9.41. The largest absolute Gasteiger partial charge is 0.308 e. The quantitative estimate of drug-likeness (QED) is 0.488. The highest BCUT2D eigenvalue weighted by molar-refractivity contribution is 7.99. The Morgan fingerprint density at radius 3 is 2.46 bits per heavy atom. The molecule has 0 aliphatic rings. The number of fused-ring (bicyclic) bond motifs is 1. The Balaban J connectivity index is 1.70. The first-order chi connectivity index (χ1) is 13.4. The SMILES string of the molecule is Cc1ccc(SCCC(=O)N(CCN(C)C)c2nc3ccc(C)cc3s2)cc1. The molecule has 0 fully saturated rings. The van der Waals surface area contributed by atoms with Crippen LogP contribution in [-0.4, -0.2) is 48.7 Å². The Bertz CT molecular complexity index is 935. The molecule has 1 heterocycles. The van der Waals surface area contributed by atoms with E-state index in [1.54, 1.807) is 23.1 Å². The van der Waals surface area contributed by atoms with Gasteiger partial charge in [0.1, 0.15) is 0 Å². The molecule has 0 unspecified atom stereocenters. The average Bonchev–Trinajstić information content (AvgIpc) is 3.06. The summed E-state index contributed by atoms with van der Waals surface area (Å²) in [5.74, 6) is 0.905. The molecule has 0 atom stereocenters. The molecule has 0 saturated carbocycles. The van der Waals surface area contributed by atoms with Crippen LogP contribution in [0.25, 0.3) is 10.2 Å². The average molecular weight is 414 g/mol. The van der Waals surface area contributed by atoms with Crippen LogP contribution >= 0.6 is 23.1 Å². The number of thioether (sulfide) groups is 1. The van der Waals surface area contributed by atoms with E-state index in [0.717, 1.165) is 27.6 Å². The molecule has 0 aliphatic heterocycles. The van der Waals surface area contributed by atoms with Crippen LogP contribution in [0.5, 0.6) is 0 Å². The van der Waals surface area contributed by atoms with E-state index in [1.807, 2.05) is 25.1 Å². The van der Waals surface area contributed by atoms with E-state index in [1.165, 1.54) is 16.0 Å². The summed E-state index contributed by atoms with van der Waals surface area (Å²) < 4.78 is 1.13. The van der Waals surface area contributed by atoms with E-state index in [2.05, 4.69) is 55.1 Å². The van der Waals surface area contributed by atoms with Crippen LogP contribution in [0.4, 0.5) is 5.13 Å². The zero-order chi connectivity index (χ0) is 20.1. The number of rotatable bonds is 8. The second-order valence-electron chi connectivity index (χ2n) is 7.23. The molecular formula is C22H27N3OS2. The Kier molecular flexibility index (Phi) is 7.10. The molecule has 0 aliphatic carbocycles. The van der Waals surface area contributed by atoms with E-state index in [9.17, 15) is 4.79 Å². The summed E-state index contributed by atoms with van der Waals surface area (Å²) in [6.45, 7) is 5.63. The molecule has 1 aromatic heterocycles. The molecule has 6 heteroatoms. The summed E-state index contributed by atoms with van der Waals surface area (Å²) in [6, 6.07) is 14.7. The van der Waals surface area contributed by atoms with Gasteiger partial charge in [0, 0.05) is 30.2 Å². The van der Waals surface area contributed by atoms with Crippen LogP contribution in [-0.2, 0) is 4.79 Å². The van der Waals surface area contributed by atoms with Gasteiger partial charge in [-0.3, -0.25) is 9.69 Å². The third kappa shape index (κ3) is 5.56. The third-order valence-electron chi connectivity index (χ3n) is 4.44. The van der Waals surface area contributed by atoms with Crippen LogP contribution in [0.1, 0.15) is 17.5 Å². The monoisotopic (exact) mass is 413 g/mol. The van der Waals surface area contributed by atoms with Crippen molar-refractivity contribution < 1.29 is 4.79 Å². The lowest BCUT2D eigenvalue weighted by Gasteiger charge is -2.22. The van der Waals surface area contributed by atoms with E-state index in [-0.39, 0.29) is 5.91 Å². The summed E-state index contributed by atoms with van der Waals surface area (Å²) in [6.07, 6.45) is 0.501. The fraction of sp³-hybridized carbons (Fsp3) is 0.364. The summed E-state index contributed by atoms with van der Waals surface area (Å²) in [5, 5.41) is 0.799. The Labute approximate surface area is 175 Å². The molecule has 0 N–H and O–H groups in total. The number of hydrogen-bond donors (Lipinski definition) is 0. The van der Waals surface area contributed by atoms with Gasteiger partial charge in [0.05, 0.1) is 10.2 Å². The number of carbonyl (C=O) groups excluding carboxylic acids is 1. The molecule has 3 rings (SSSR count). The van der Waals surface area contributed by atoms with E-state index >= 15 is 0 Å². The van der Waals surface area contributed by atoms with Crippen LogP contribution < -0.4 is 4.90 Å². The number of nitrogens with zero attached hydrogens (tertiary/aromatic N) is 3. The van der Waals surface area contributed by atoms with Crippen molar-refractivity contribution in [3.05, 3.63) is 53.6 Å². The smallest absolute Gasteiger partial charge is 0.229 e. The van der Waals surface area contributed by atoms with Crippen molar-refractivity contribution >= 4 is 44.4 Å². The lowest BCUT2D eigenvalue weighted by atomic mass is 10.2. The minimum absolute atomic E-state index is 0.136. The van der Waals surface area contributed by atoms with E-state index < -0.39 is 0 Å². The van der Waals surface area contributed by atoms with Gasteiger partial charge >= 0.3 is 0 Å². The Morgan fingerprint density at radius 2 is 1.75 bits per heavy atom. The number of amides is 1. The maximum atomic E-state index is 13.0. The fourth-order valence-electron chi connectivity index (χ4n) is 2.79. The van der Waals surface area contributed by atoms with Crippen LogP contribution in [0.15, 0.2) is 47.4 Å². The first kappa shape index (κ1) is 20.8. The minimum Gasteiger partial charge on any atom is -0.308 e. The zero-order valence-electron chi connectivity index (χ0n) is 16.9. The van der Waals surface area contributed by atoms with Crippen LogP contribution in [0, 0.1) is 13.8 Å². The maximum Gasteiger partial charge on any atom is 0.229 e. The fourth-order valence-corrected chi connectivity index (χ4v) is 4.74. The highest BCUT2D eigenvalue weighted by Gasteiger charge is 2.19. The zero-order valence-corrected chi connectivity index (χ0v) is 18.6. The summed E-state index contributed by atoms with van der Waals surface area (Å²) in [4.78, 5) is 22.9. The molecular weight excluding hydrogens is 386 g/mol. The number of hydrogen-bond acceptors (Lipinski definition) is 5. The second kappa shape index (κ2) is 9.54. The van der Waals surface area contributed by atoms with Crippen molar-refractivity contribution in [2.75, 3.05) is 37.8 Å². The van der Waals surface area contributed by atoms with Crippen molar-refractivity contribution in [2.24, 2.45) is 0 Å². The molecule has 2 aromatic carbocycles. The van der Waals surface area contributed by atoms with Gasteiger partial charge in [-0.1, -0.05) is 35.1 Å². The number of benzene rings is 2. The first-order valence-corrected chi connectivity index (χ1v) is 11.2. The summed E-state index contributed by atoms with van der Waals surface area (Å²) in [7, 11) is 4.05. The van der Waals surface area contributed by atoms with Crippen molar-refractivity contribution in [1.29, 1.82) is 0 Å². The molecule has 3 aromatic rings. The predicted molar refractivity (Wildman–Crippen MR) is 122 cm³/mol. The number of aryl methyl sites for hydroxylation is 2. The minimum atomic E-state index is 0.136. The van der Waals surface area contributed by atoms with Gasteiger partial charge in [0.25, 0.3) is 0 Å². The number of aromatic nitrogens is 1. The van der Waals surface area contributed by atoms with Crippen molar-refractivity contribution in [3.63, 3.8) is 0 Å². The molecule has 28 heavy (non-hydrogen) atoms. The van der Waals surface area contributed by atoms with Gasteiger partial charge in [0.15, 0.2) is 5.13 Å². The van der Waals surface area contributed by atoms with Crippen LogP contribution in [0.2, 0.25) is 0 Å². The van der Waals surface area contributed by atoms with Gasteiger partial charge in [-0.2, -0.15) is 0 Å². The lowest BCUT2D eigenvalue weighted by Crippen LogP contribution is -2.36. The van der Waals surface area contributed by atoms with Crippen molar-refractivity contribution in [2.45, 2.75) is 25.2 Å². The Morgan fingerprint density at radius 1 is 1.04 bits per heavy atom. The number of carbonyl (C=O) groups is 1. The van der Waals surface area contributed by atoms with E-state index in [0.29, 0.717) is 13.0 Å². The topological polar surface area (TPSA) is 36.4 Å². The number of anilines is 1. The molecule has 0 spiro atoms. The first-order valence-electron chi connectivity index (χ1n) is 9.44. The van der Waals surface area contributed by atoms with E-state index in [4.69, 9.17) is 4.98 Å². The molecule has 0 saturated heterocycles. The number of thiazole rings is 1. The number of likely N-dealkylation sites (N-methyl/N-ethyl adjacent to an activating group) is 1. The van der Waals surface area contributed by atoms with Gasteiger partial charge in [-0.15, -0.1) is 11.8 Å². The molecule has 148 valence electrons. The third-order valence-corrected chi connectivity index (χ3v) is 6.50. The predicted octanol–water partition coefficient (Wildman–Crippen LogP) is 4.99. The highest BCUT2D eigenvalue weighted by atomic mass is 32.2. The van der Waals surface area contributed by atoms with Gasteiger partial charge in [-0.05, 0) is 57.8 Å². The standard InChI is InChI=1S/C22H27N3OS2/c1-16-5-8-18(9-6-16)27-14-11-21(26)25(13-12-24(3)4)22-23-19-10-7-17(2)15-20(19)28-22/h5-10,15H,11-14H2,1-4H3. The lowest BCUT2D eigenvalue weighted by molar-refractivity contribution is -0.118. The normalized spacial score (nSPS) is 11.3. The van der Waals surface area contributed by atoms with Gasteiger partial charge < -0.3 is 4.90 Å². The van der Waals surface area contributed by atoms with Crippen LogP contribution in [0.3, 0.4) is 0 Å². The van der Waals surface area contributed by atoms with Crippen molar-refractivity contribution in [1.82, 2.24) is 9.88 Å². The highest BCUT2D eigenvalue weighted by Crippen LogP contribution is 2.30. The van der Waals surface area contributed by atoms with Gasteiger partial charge in [-0.25, -0.2) is 4.98 Å². The molecule has 0 radical (unpaired) electrons. The maximum absolute atomic E-state index is 13.0. The van der Waals surface area contributed by atoms with Gasteiger partial charge in [0.2, 0.25) is 5.91 Å². The molecule has 4 nitrogen and oxygen atoms in total. The Hall–Kier alpha value is -1.89. The molecule has 0 bridgehead atoms. The summed E-state index contributed by atoms with van der Waals surface area (Å²) in [5.41, 5.74) is 3.42.